The molecule has 2 nitrogen and oxygen atoms in total. The average Bonchev–Trinajstić information content (AvgIpc) is 3.06. The third-order valence-electron chi connectivity index (χ3n) is 14.1. The van der Waals surface area contributed by atoms with Crippen molar-refractivity contribution in [1.82, 2.24) is 0 Å². The van der Waals surface area contributed by atoms with Crippen LogP contribution in [0.3, 0.4) is 0 Å². The molecule has 0 unspecified atom stereocenters. The Labute approximate surface area is 197 Å². The second kappa shape index (κ2) is 6.64. The highest BCUT2D eigenvalue weighted by molar-refractivity contribution is 5.88. The van der Waals surface area contributed by atoms with Crippen LogP contribution in [0.25, 0.3) is 0 Å². The van der Waals surface area contributed by atoms with E-state index >= 15 is 0 Å². The third kappa shape index (κ3) is 2.45. The van der Waals surface area contributed by atoms with E-state index in [-0.39, 0.29) is 16.6 Å². The number of carbonyl (C=O) groups is 1. The van der Waals surface area contributed by atoms with E-state index in [9.17, 15) is 9.90 Å². The van der Waals surface area contributed by atoms with Crippen LogP contribution in [0.2, 0.25) is 0 Å². The Bertz CT molecular complexity index is 814. The number of hydrogen-bond acceptors (Lipinski definition) is 2. The second-order valence-corrected chi connectivity index (χ2v) is 14.9. The van der Waals surface area contributed by atoms with Crippen LogP contribution in [0.4, 0.5) is 0 Å². The summed E-state index contributed by atoms with van der Waals surface area (Å²) in [6.07, 6.45) is 12.0. The molecule has 32 heavy (non-hydrogen) atoms. The molecule has 0 aliphatic heterocycles. The summed E-state index contributed by atoms with van der Waals surface area (Å²) in [6.45, 7) is 19.7. The summed E-state index contributed by atoms with van der Waals surface area (Å²) in [7, 11) is 0. The van der Waals surface area contributed by atoms with Crippen LogP contribution in [-0.4, -0.2) is 16.5 Å². The molecule has 0 aromatic rings. The zero-order valence-electron chi connectivity index (χ0n) is 22.3. The fraction of sp³-hybridized carbons (Fsp3) is 0.967. The topological polar surface area (TPSA) is 37.3 Å². The highest BCUT2D eigenvalue weighted by Crippen LogP contribution is 2.79. The molecule has 0 radical (unpaired) electrons. The summed E-state index contributed by atoms with van der Waals surface area (Å²) in [6, 6.07) is 0. The van der Waals surface area contributed by atoms with Gasteiger partial charge in [0.05, 0.1) is 0 Å². The Kier molecular flexibility index (Phi) is 4.85. The summed E-state index contributed by atoms with van der Waals surface area (Å²) >= 11 is 0. The number of Topliss-reactive ketones (excluding diaryl/α,β-unsaturated/α-hetero) is 1. The molecule has 0 spiro atoms. The lowest BCUT2D eigenvalue weighted by molar-refractivity contribution is -0.260. The summed E-state index contributed by atoms with van der Waals surface area (Å²) in [5.41, 5.74) is 0.138. The van der Waals surface area contributed by atoms with Crippen molar-refractivity contribution in [2.24, 2.45) is 56.7 Å². The van der Waals surface area contributed by atoms with Crippen molar-refractivity contribution >= 4 is 5.78 Å². The van der Waals surface area contributed by atoms with E-state index in [4.69, 9.17) is 0 Å². The molecule has 0 aromatic heterocycles. The summed E-state index contributed by atoms with van der Waals surface area (Å²) in [4.78, 5) is 12.8. The van der Waals surface area contributed by atoms with Crippen LogP contribution in [0, 0.1) is 56.7 Å². The maximum absolute atomic E-state index is 12.8. The predicted octanol–water partition coefficient (Wildman–Crippen LogP) is 7.43. The lowest BCUT2D eigenvalue weighted by Crippen LogP contribution is -2.69. The molecule has 0 amide bonds. The molecule has 182 valence electrons. The van der Waals surface area contributed by atoms with Gasteiger partial charge < -0.3 is 5.11 Å². The predicted molar refractivity (Wildman–Crippen MR) is 131 cm³/mol. The van der Waals surface area contributed by atoms with E-state index in [1.807, 2.05) is 6.92 Å². The van der Waals surface area contributed by atoms with E-state index in [0.29, 0.717) is 28.6 Å². The molecule has 5 saturated carbocycles. The first-order valence-electron chi connectivity index (χ1n) is 13.9. The van der Waals surface area contributed by atoms with Gasteiger partial charge in [0.15, 0.2) is 5.78 Å². The molecule has 10 atom stereocenters. The molecule has 5 rings (SSSR count). The number of rotatable bonds is 1. The van der Waals surface area contributed by atoms with Gasteiger partial charge in [0.2, 0.25) is 0 Å². The number of ketones is 1. The Hall–Kier alpha value is -0.370. The molecule has 1 N–H and O–H groups in total. The largest absolute Gasteiger partial charge is 0.382 e. The molecule has 5 fully saturated rings. The molecule has 0 heterocycles. The van der Waals surface area contributed by atoms with Gasteiger partial charge >= 0.3 is 0 Å². The van der Waals surface area contributed by atoms with Crippen molar-refractivity contribution in [3.8, 4) is 0 Å². The SMILES string of the molecule is CC(C)[C@H]1CC[C@H]2[C@]1(C)CC[C@]1(C)[C@H]3CC[C@@]4(C)[C@@H](CCC(=O)[C@@]4(C)O)[C@]3(C)CC[C@@]21C. The Morgan fingerprint density at radius 3 is 1.81 bits per heavy atom. The highest BCUT2D eigenvalue weighted by atomic mass is 16.3. The van der Waals surface area contributed by atoms with E-state index in [1.165, 1.54) is 44.9 Å². The van der Waals surface area contributed by atoms with Gasteiger partial charge in [-0.2, -0.15) is 0 Å². The number of carbonyl (C=O) groups excluding carboxylic acids is 1. The monoisotopic (exact) mass is 442 g/mol. The van der Waals surface area contributed by atoms with Gasteiger partial charge in [0, 0.05) is 11.8 Å². The maximum Gasteiger partial charge on any atom is 0.164 e. The molecule has 2 heteroatoms. The number of hydrogen-bond donors (Lipinski definition) is 1. The van der Waals surface area contributed by atoms with Crippen molar-refractivity contribution in [2.75, 3.05) is 0 Å². The maximum atomic E-state index is 12.8. The second-order valence-electron chi connectivity index (χ2n) is 14.9. The quantitative estimate of drug-likeness (QED) is 0.458. The fourth-order valence-electron chi connectivity index (χ4n) is 11.9. The molecule has 5 aliphatic carbocycles. The normalized spacial score (nSPS) is 59.9. The number of fused-ring (bicyclic) bond motifs is 7. The lowest BCUT2D eigenvalue weighted by atomic mass is 9.31. The molecule has 5 aliphatic rings. The average molecular weight is 443 g/mol. The Balaban J connectivity index is 1.54. The van der Waals surface area contributed by atoms with Crippen LogP contribution in [-0.2, 0) is 4.79 Å². The zero-order chi connectivity index (χ0) is 23.5. The smallest absolute Gasteiger partial charge is 0.164 e. The fourth-order valence-corrected chi connectivity index (χ4v) is 11.9. The Morgan fingerprint density at radius 1 is 0.688 bits per heavy atom. The van der Waals surface area contributed by atoms with Crippen LogP contribution in [0.1, 0.15) is 120 Å². The van der Waals surface area contributed by atoms with Gasteiger partial charge in [-0.05, 0) is 116 Å². The minimum atomic E-state index is -1.16. The van der Waals surface area contributed by atoms with Crippen molar-refractivity contribution in [3.05, 3.63) is 0 Å². The zero-order valence-corrected chi connectivity index (χ0v) is 22.3. The molecular formula is C30H50O2. The first kappa shape index (κ1) is 23.4. The highest BCUT2D eigenvalue weighted by Gasteiger charge is 2.73. The minimum Gasteiger partial charge on any atom is -0.382 e. The minimum absolute atomic E-state index is 0.0873. The Morgan fingerprint density at radius 2 is 1.22 bits per heavy atom. The molecular weight excluding hydrogens is 392 g/mol. The van der Waals surface area contributed by atoms with Gasteiger partial charge in [0.25, 0.3) is 0 Å². The standard InChI is InChI=1S/C30H50O2/c1-19(2)20-9-10-21-25(20,3)15-17-28(6)23-13-14-29(7)22(11-12-24(31)30(29,8)32)26(23,4)16-18-27(21,28)5/h19-23,32H,9-18H2,1-8H3/t20-,21+,22+,23+,25-,26+,27+,28-,29+,30-/m1/s1. The van der Waals surface area contributed by atoms with E-state index in [0.717, 1.165) is 36.5 Å². The van der Waals surface area contributed by atoms with Crippen molar-refractivity contribution in [1.29, 1.82) is 0 Å². The van der Waals surface area contributed by atoms with Gasteiger partial charge in [-0.25, -0.2) is 0 Å². The van der Waals surface area contributed by atoms with Crippen molar-refractivity contribution < 1.29 is 9.90 Å². The van der Waals surface area contributed by atoms with Gasteiger partial charge in [-0.1, -0.05) is 48.5 Å². The van der Waals surface area contributed by atoms with Crippen LogP contribution >= 0.6 is 0 Å². The van der Waals surface area contributed by atoms with E-state index < -0.39 is 5.60 Å². The van der Waals surface area contributed by atoms with Gasteiger partial charge in [-0.3, -0.25) is 4.79 Å². The van der Waals surface area contributed by atoms with E-state index in [2.05, 4.69) is 48.5 Å². The molecule has 0 aromatic carbocycles. The number of aliphatic hydroxyl groups is 1. The first-order chi connectivity index (χ1) is 14.7. The summed E-state index contributed by atoms with van der Waals surface area (Å²) in [5, 5.41) is 11.4. The van der Waals surface area contributed by atoms with Gasteiger partial charge in [-0.15, -0.1) is 0 Å². The summed E-state index contributed by atoms with van der Waals surface area (Å²) in [5.74, 6) is 3.81. The van der Waals surface area contributed by atoms with Crippen LogP contribution in [0.15, 0.2) is 0 Å². The van der Waals surface area contributed by atoms with Crippen LogP contribution < -0.4 is 0 Å². The van der Waals surface area contributed by atoms with Crippen molar-refractivity contribution in [3.63, 3.8) is 0 Å². The van der Waals surface area contributed by atoms with Gasteiger partial charge in [0.1, 0.15) is 5.60 Å². The van der Waals surface area contributed by atoms with Crippen LogP contribution in [0.5, 0.6) is 0 Å². The lowest BCUT2D eigenvalue weighted by Gasteiger charge is -2.74. The van der Waals surface area contributed by atoms with Crippen molar-refractivity contribution in [2.45, 2.75) is 125 Å². The first-order valence-corrected chi connectivity index (χ1v) is 13.9. The molecule has 0 bridgehead atoms. The third-order valence-corrected chi connectivity index (χ3v) is 14.1. The molecule has 0 saturated heterocycles. The van der Waals surface area contributed by atoms with E-state index in [1.54, 1.807) is 0 Å². The summed E-state index contributed by atoms with van der Waals surface area (Å²) < 4.78 is 0.